The first-order chi connectivity index (χ1) is 7.24. The monoisotopic (exact) mass is 273 g/mol. The molecule has 0 aliphatic carbocycles. The van der Waals surface area contributed by atoms with Crippen molar-refractivity contribution in [1.82, 2.24) is 5.32 Å². The van der Waals surface area contributed by atoms with Crippen LogP contribution in [-0.2, 0) is 18.0 Å². The Bertz CT molecular complexity index is 141. The highest BCUT2D eigenvalue weighted by Gasteiger charge is 2.36. The molecule has 0 fully saturated rings. The van der Waals surface area contributed by atoms with Gasteiger partial charge < -0.3 is 23.3 Å². The lowest BCUT2D eigenvalue weighted by molar-refractivity contribution is 0.123. The predicted octanol–water partition coefficient (Wildman–Crippen LogP) is 0.912. The van der Waals surface area contributed by atoms with Crippen LogP contribution < -0.4 is 5.32 Å². The summed E-state index contributed by atoms with van der Waals surface area (Å²) in [5.41, 5.74) is 0. The summed E-state index contributed by atoms with van der Waals surface area (Å²) in [6.45, 7) is 2.54. The Labute approximate surface area is 106 Å². The van der Waals surface area contributed by atoms with Crippen molar-refractivity contribution in [3.05, 3.63) is 0 Å². The van der Waals surface area contributed by atoms with E-state index in [-0.39, 0.29) is 12.4 Å². The van der Waals surface area contributed by atoms with E-state index in [1.165, 1.54) is 0 Å². The van der Waals surface area contributed by atoms with Crippen LogP contribution in [0.4, 0.5) is 0 Å². The Hall–Kier alpha value is 0.307. The molecule has 0 aliphatic heterocycles. The zero-order valence-electron chi connectivity index (χ0n) is 10.6. The van der Waals surface area contributed by atoms with E-state index in [1.807, 2.05) is 0 Å². The summed E-state index contributed by atoms with van der Waals surface area (Å²) in [5, 5.41) is 3.26. The standard InChI is InChI=1S/C9H23NO4Si.ClH/c1-11-8-7-10-6-5-9-15(12-2,13-3)14-4;/h10H,5-9H2,1-4H3;1H. The van der Waals surface area contributed by atoms with Crippen molar-refractivity contribution < 1.29 is 18.0 Å². The highest BCUT2D eigenvalue weighted by Crippen LogP contribution is 2.14. The molecule has 0 atom stereocenters. The number of hydrogen-bond donors (Lipinski definition) is 1. The fourth-order valence-corrected chi connectivity index (χ4v) is 3.01. The van der Waals surface area contributed by atoms with Gasteiger partial charge in [-0.25, -0.2) is 0 Å². The molecule has 16 heavy (non-hydrogen) atoms. The molecule has 0 aliphatic rings. The molecule has 0 amide bonds. The molecule has 0 aromatic carbocycles. The van der Waals surface area contributed by atoms with E-state index in [4.69, 9.17) is 18.0 Å². The van der Waals surface area contributed by atoms with Crippen LogP contribution >= 0.6 is 12.4 Å². The molecule has 0 radical (unpaired) electrons. The maximum Gasteiger partial charge on any atom is 0.500 e. The van der Waals surface area contributed by atoms with E-state index < -0.39 is 8.80 Å². The van der Waals surface area contributed by atoms with Crippen molar-refractivity contribution in [2.75, 3.05) is 48.1 Å². The number of rotatable bonds is 10. The van der Waals surface area contributed by atoms with Crippen molar-refractivity contribution >= 4 is 21.2 Å². The van der Waals surface area contributed by atoms with Crippen molar-refractivity contribution in [3.63, 3.8) is 0 Å². The van der Waals surface area contributed by atoms with Gasteiger partial charge in [0.2, 0.25) is 0 Å². The number of methoxy groups -OCH3 is 1. The van der Waals surface area contributed by atoms with Crippen LogP contribution in [-0.4, -0.2) is 56.9 Å². The van der Waals surface area contributed by atoms with E-state index in [0.29, 0.717) is 0 Å². The van der Waals surface area contributed by atoms with Crippen LogP contribution in [0.5, 0.6) is 0 Å². The highest BCUT2D eigenvalue weighted by molar-refractivity contribution is 6.60. The minimum atomic E-state index is -2.36. The molecule has 0 saturated carbocycles. The van der Waals surface area contributed by atoms with E-state index in [0.717, 1.165) is 32.2 Å². The van der Waals surface area contributed by atoms with Gasteiger partial charge in [0.25, 0.3) is 0 Å². The second kappa shape index (κ2) is 11.8. The topological polar surface area (TPSA) is 49.0 Å². The van der Waals surface area contributed by atoms with E-state index in [1.54, 1.807) is 28.4 Å². The quantitative estimate of drug-likeness (QED) is 0.474. The minimum absolute atomic E-state index is 0. The van der Waals surface area contributed by atoms with Crippen LogP contribution in [0.2, 0.25) is 6.04 Å². The SMILES string of the molecule is COCCNCCC[Si](OC)(OC)OC.Cl. The van der Waals surface area contributed by atoms with Gasteiger partial charge in [0.05, 0.1) is 6.61 Å². The Kier molecular flexibility index (Phi) is 13.7. The fraction of sp³-hybridized carbons (Fsp3) is 1.00. The molecular formula is C9H24ClNO4Si. The van der Waals surface area contributed by atoms with E-state index >= 15 is 0 Å². The van der Waals surface area contributed by atoms with Gasteiger partial charge in [0.1, 0.15) is 0 Å². The molecule has 0 aromatic heterocycles. The number of halogens is 1. The van der Waals surface area contributed by atoms with Crippen molar-refractivity contribution in [3.8, 4) is 0 Å². The van der Waals surface area contributed by atoms with E-state index in [2.05, 4.69) is 5.32 Å². The minimum Gasteiger partial charge on any atom is -0.383 e. The summed E-state index contributed by atoms with van der Waals surface area (Å²) < 4.78 is 20.8. The molecule has 0 unspecified atom stereocenters. The van der Waals surface area contributed by atoms with Crippen LogP contribution in [0, 0.1) is 0 Å². The summed E-state index contributed by atoms with van der Waals surface area (Å²) in [6, 6.07) is 0.830. The van der Waals surface area contributed by atoms with Crippen molar-refractivity contribution in [2.45, 2.75) is 12.5 Å². The van der Waals surface area contributed by atoms with Crippen LogP contribution in [0.25, 0.3) is 0 Å². The molecule has 7 heteroatoms. The Morgan fingerprint density at radius 2 is 1.50 bits per heavy atom. The third-order valence-corrected chi connectivity index (χ3v) is 5.08. The number of nitrogens with one attached hydrogen (secondary N) is 1. The van der Waals surface area contributed by atoms with Gasteiger partial charge in [0, 0.05) is 41.0 Å². The molecule has 5 nitrogen and oxygen atoms in total. The molecule has 0 spiro atoms. The summed E-state index contributed by atoms with van der Waals surface area (Å²) in [7, 11) is 4.25. The van der Waals surface area contributed by atoms with Gasteiger partial charge >= 0.3 is 8.80 Å². The van der Waals surface area contributed by atoms with Crippen molar-refractivity contribution in [1.29, 1.82) is 0 Å². The third-order valence-electron chi connectivity index (χ3n) is 2.25. The first-order valence-corrected chi connectivity index (χ1v) is 7.03. The number of hydrogen-bond acceptors (Lipinski definition) is 5. The predicted molar refractivity (Wildman–Crippen MR) is 68.2 cm³/mol. The normalized spacial score (nSPS) is 11.2. The summed E-state index contributed by atoms with van der Waals surface area (Å²) in [5.74, 6) is 0. The first kappa shape index (κ1) is 18.7. The maximum atomic E-state index is 5.31. The molecule has 0 rings (SSSR count). The molecule has 0 saturated heterocycles. The molecule has 1 N–H and O–H groups in total. The smallest absolute Gasteiger partial charge is 0.383 e. The van der Waals surface area contributed by atoms with Gasteiger partial charge in [-0.3, -0.25) is 0 Å². The molecule has 0 heterocycles. The van der Waals surface area contributed by atoms with Crippen molar-refractivity contribution in [2.24, 2.45) is 0 Å². The Balaban J connectivity index is 0. The van der Waals surface area contributed by atoms with E-state index in [9.17, 15) is 0 Å². The Morgan fingerprint density at radius 3 is 1.94 bits per heavy atom. The lowest BCUT2D eigenvalue weighted by Gasteiger charge is -2.24. The molecular weight excluding hydrogens is 250 g/mol. The van der Waals surface area contributed by atoms with Crippen LogP contribution in [0.15, 0.2) is 0 Å². The Morgan fingerprint density at radius 1 is 0.938 bits per heavy atom. The molecule has 0 aromatic rings. The fourth-order valence-electron chi connectivity index (χ4n) is 1.29. The maximum absolute atomic E-state index is 5.31. The average Bonchev–Trinajstić information content (AvgIpc) is 2.29. The molecule has 100 valence electrons. The van der Waals surface area contributed by atoms with Crippen LogP contribution in [0.3, 0.4) is 0 Å². The van der Waals surface area contributed by atoms with Crippen LogP contribution in [0.1, 0.15) is 6.42 Å². The zero-order chi connectivity index (χ0) is 11.6. The van der Waals surface area contributed by atoms with Gasteiger partial charge in [-0.05, 0) is 13.0 Å². The van der Waals surface area contributed by atoms with Gasteiger partial charge in [-0.15, -0.1) is 12.4 Å². The van der Waals surface area contributed by atoms with Gasteiger partial charge in [-0.2, -0.15) is 0 Å². The highest BCUT2D eigenvalue weighted by atomic mass is 35.5. The summed E-state index contributed by atoms with van der Waals surface area (Å²) in [4.78, 5) is 0. The van der Waals surface area contributed by atoms with Gasteiger partial charge in [0.15, 0.2) is 0 Å². The molecule has 0 bridgehead atoms. The largest absolute Gasteiger partial charge is 0.500 e. The first-order valence-electron chi connectivity index (χ1n) is 5.09. The zero-order valence-corrected chi connectivity index (χ0v) is 12.4. The average molecular weight is 274 g/mol. The van der Waals surface area contributed by atoms with Gasteiger partial charge in [-0.1, -0.05) is 0 Å². The summed E-state index contributed by atoms with van der Waals surface area (Å²) in [6.07, 6.45) is 0.978. The lowest BCUT2D eigenvalue weighted by Crippen LogP contribution is -2.43. The third kappa shape index (κ3) is 7.56. The summed E-state index contributed by atoms with van der Waals surface area (Å²) >= 11 is 0. The second-order valence-electron chi connectivity index (χ2n) is 3.14. The lowest BCUT2D eigenvalue weighted by atomic mass is 10.5. The number of ether oxygens (including phenoxy) is 1. The second-order valence-corrected chi connectivity index (χ2v) is 6.23.